The summed E-state index contributed by atoms with van der Waals surface area (Å²) in [5.74, 6) is -0.0933. The molecule has 0 radical (unpaired) electrons. The van der Waals surface area contributed by atoms with Gasteiger partial charge in [0.15, 0.2) is 9.84 Å². The average molecular weight is 549 g/mol. The second kappa shape index (κ2) is 10.3. The van der Waals surface area contributed by atoms with Gasteiger partial charge in [-0.25, -0.2) is 13.2 Å². The molecule has 9 nitrogen and oxygen atoms in total. The zero-order chi connectivity index (χ0) is 28.6. The van der Waals surface area contributed by atoms with E-state index in [1.54, 1.807) is 39.0 Å². The third-order valence-electron chi connectivity index (χ3n) is 7.28. The Morgan fingerprint density at radius 1 is 1.15 bits per heavy atom. The largest absolute Gasteiger partial charge is 0.444 e. The highest BCUT2D eigenvalue weighted by Gasteiger charge is 2.58. The molecule has 1 N–H and O–H groups in total. The van der Waals surface area contributed by atoms with Crippen LogP contribution < -0.4 is 5.32 Å². The van der Waals surface area contributed by atoms with Gasteiger partial charge in [0.25, 0.3) is 0 Å². The minimum absolute atomic E-state index is 0.0281. The van der Waals surface area contributed by atoms with Crippen LogP contribution in [0.15, 0.2) is 47.4 Å². The zero-order valence-electron chi connectivity index (χ0n) is 22.5. The van der Waals surface area contributed by atoms with Crippen molar-refractivity contribution in [1.29, 1.82) is 10.5 Å². The number of piperidine rings is 1. The van der Waals surface area contributed by atoms with Crippen molar-refractivity contribution in [2.75, 3.05) is 12.8 Å². The molecule has 0 spiro atoms. The van der Waals surface area contributed by atoms with Crippen molar-refractivity contribution in [3.63, 3.8) is 0 Å². The van der Waals surface area contributed by atoms with Gasteiger partial charge in [0.1, 0.15) is 23.3 Å². The summed E-state index contributed by atoms with van der Waals surface area (Å²) >= 11 is 0. The molecule has 1 aliphatic carbocycles. The van der Waals surface area contributed by atoms with Crippen molar-refractivity contribution in [3.8, 4) is 23.3 Å². The summed E-state index contributed by atoms with van der Waals surface area (Å²) in [5.41, 5.74) is 0.608. The molecule has 2 aromatic carbocycles. The number of rotatable bonds is 6. The zero-order valence-corrected chi connectivity index (χ0v) is 23.3. The lowest BCUT2D eigenvalue weighted by molar-refractivity contribution is -0.132. The van der Waals surface area contributed by atoms with Crippen molar-refractivity contribution in [3.05, 3.63) is 53.6 Å². The van der Waals surface area contributed by atoms with E-state index in [-0.39, 0.29) is 28.7 Å². The highest BCUT2D eigenvalue weighted by Crippen LogP contribution is 2.47. The summed E-state index contributed by atoms with van der Waals surface area (Å²) < 4.78 is 29.8. The monoisotopic (exact) mass is 548 g/mol. The molecule has 4 rings (SSSR count). The normalized spacial score (nSPS) is 21.1. The van der Waals surface area contributed by atoms with Gasteiger partial charge in [-0.1, -0.05) is 30.3 Å². The number of sulfone groups is 1. The molecule has 3 atom stereocenters. The lowest BCUT2D eigenvalue weighted by Crippen LogP contribution is -2.59. The first-order valence-corrected chi connectivity index (χ1v) is 14.7. The van der Waals surface area contributed by atoms with E-state index in [0.29, 0.717) is 24.9 Å². The van der Waals surface area contributed by atoms with Crippen LogP contribution >= 0.6 is 0 Å². The Labute approximate surface area is 229 Å². The van der Waals surface area contributed by atoms with E-state index < -0.39 is 33.1 Å². The molecule has 204 valence electrons. The number of ether oxygens (including phenoxy) is 1. The summed E-state index contributed by atoms with van der Waals surface area (Å²) in [4.78, 5) is 27.9. The third kappa shape index (κ3) is 5.91. The highest BCUT2D eigenvalue weighted by atomic mass is 32.2. The van der Waals surface area contributed by atoms with Gasteiger partial charge in [-0.3, -0.25) is 9.69 Å². The van der Waals surface area contributed by atoms with Crippen molar-refractivity contribution in [1.82, 2.24) is 10.2 Å². The topological polar surface area (TPSA) is 140 Å². The van der Waals surface area contributed by atoms with Gasteiger partial charge in [-0.15, -0.1) is 0 Å². The summed E-state index contributed by atoms with van der Waals surface area (Å²) in [7, 11) is -3.58. The maximum Gasteiger partial charge on any atom is 0.411 e. The van der Waals surface area contributed by atoms with Crippen LogP contribution in [0.5, 0.6) is 0 Å². The number of amides is 2. The van der Waals surface area contributed by atoms with Gasteiger partial charge in [0.05, 0.1) is 16.5 Å². The van der Waals surface area contributed by atoms with Crippen LogP contribution in [0.4, 0.5) is 4.79 Å². The Kier molecular flexibility index (Phi) is 7.46. The molecule has 39 heavy (non-hydrogen) atoms. The molecule has 1 saturated carbocycles. The molecule has 0 unspecified atom stereocenters. The lowest BCUT2D eigenvalue weighted by atomic mass is 9.94. The molecule has 2 aromatic rings. The van der Waals surface area contributed by atoms with Crippen molar-refractivity contribution >= 4 is 21.8 Å². The number of nitrogens with one attached hydrogen (secondary N) is 1. The van der Waals surface area contributed by atoms with E-state index in [1.165, 1.54) is 17.0 Å². The molecule has 0 aromatic heterocycles. The first-order valence-electron chi connectivity index (χ1n) is 12.8. The maximum absolute atomic E-state index is 13.5. The van der Waals surface area contributed by atoms with Crippen LogP contribution in [0.2, 0.25) is 0 Å². The molecular formula is C29H32N4O5S. The number of nitriles is 2. The van der Waals surface area contributed by atoms with E-state index in [1.807, 2.05) is 18.2 Å². The highest BCUT2D eigenvalue weighted by molar-refractivity contribution is 7.90. The number of carbonyl (C=O) groups excluding carboxylic acids is 2. The van der Waals surface area contributed by atoms with Crippen LogP contribution in [0, 0.1) is 28.6 Å². The SMILES string of the molecule is CC(C)(C)OC(=O)N1C[C@H]2CC[C@@]1(C(=O)N[C@H](C#N)Cc1ccc(-c3ccc(C#N)c(S(C)(=O)=O)c3)cc1)C2. The Bertz CT molecular complexity index is 1480. The van der Waals surface area contributed by atoms with Crippen LogP contribution in [-0.2, 0) is 25.8 Å². The molecule has 2 bridgehead atoms. The Morgan fingerprint density at radius 2 is 1.82 bits per heavy atom. The minimum atomic E-state index is -3.58. The van der Waals surface area contributed by atoms with Crippen molar-refractivity contribution in [2.45, 2.75) is 68.5 Å². The molecule has 2 aliphatic rings. The van der Waals surface area contributed by atoms with Gasteiger partial charge >= 0.3 is 6.09 Å². The molecule has 1 aliphatic heterocycles. The predicted molar refractivity (Wildman–Crippen MR) is 144 cm³/mol. The summed E-state index contributed by atoms with van der Waals surface area (Å²) in [6.07, 6.45) is 2.76. The Balaban J connectivity index is 1.47. The Hall–Kier alpha value is -3.89. The van der Waals surface area contributed by atoms with Crippen LogP contribution in [0.25, 0.3) is 11.1 Å². The fourth-order valence-electron chi connectivity index (χ4n) is 5.45. The number of hydrogen-bond acceptors (Lipinski definition) is 7. The third-order valence-corrected chi connectivity index (χ3v) is 8.41. The maximum atomic E-state index is 13.5. The van der Waals surface area contributed by atoms with Gasteiger partial charge in [-0.2, -0.15) is 10.5 Å². The molecule has 2 amide bonds. The fourth-order valence-corrected chi connectivity index (χ4v) is 6.30. The standard InChI is InChI=1S/C29H32N4O5S/c1-28(2,3)38-27(35)33-18-20-11-12-29(33,15-20)26(34)32-24(17-31)13-19-5-7-21(8-6-19)22-9-10-23(16-30)25(14-22)39(4,36)37/h5-10,14,20,24H,11-13,15,18H2,1-4H3,(H,32,34)/t20-,24-,29-/m0/s1. The summed E-state index contributed by atoms with van der Waals surface area (Å²) in [6.45, 7) is 5.83. The summed E-state index contributed by atoms with van der Waals surface area (Å²) in [5, 5.41) is 21.9. The van der Waals surface area contributed by atoms with E-state index in [4.69, 9.17) is 4.74 Å². The number of benzene rings is 2. The van der Waals surface area contributed by atoms with Crippen molar-refractivity contribution < 1.29 is 22.7 Å². The van der Waals surface area contributed by atoms with E-state index in [9.17, 15) is 28.5 Å². The lowest BCUT2D eigenvalue weighted by Gasteiger charge is -2.38. The second-order valence-corrected chi connectivity index (χ2v) is 13.4. The fraction of sp³-hybridized carbons (Fsp3) is 0.448. The molecule has 1 heterocycles. The number of likely N-dealkylation sites (tertiary alicyclic amines) is 1. The molecule has 2 fully saturated rings. The number of nitrogens with zero attached hydrogens (tertiary/aromatic N) is 3. The first kappa shape index (κ1) is 28.1. The molecular weight excluding hydrogens is 516 g/mol. The first-order chi connectivity index (χ1) is 18.3. The molecule has 1 saturated heterocycles. The van der Waals surface area contributed by atoms with Crippen LogP contribution in [0.1, 0.15) is 51.2 Å². The number of hydrogen-bond donors (Lipinski definition) is 1. The molecule has 10 heteroatoms. The number of carbonyl (C=O) groups is 2. The van der Waals surface area contributed by atoms with Gasteiger partial charge in [0, 0.05) is 19.2 Å². The second-order valence-electron chi connectivity index (χ2n) is 11.4. The number of fused-ring (bicyclic) bond motifs is 2. The predicted octanol–water partition coefficient (Wildman–Crippen LogP) is 3.97. The van der Waals surface area contributed by atoms with E-state index in [2.05, 4.69) is 11.4 Å². The van der Waals surface area contributed by atoms with E-state index in [0.717, 1.165) is 23.8 Å². The van der Waals surface area contributed by atoms with Gasteiger partial charge in [0.2, 0.25) is 5.91 Å². The van der Waals surface area contributed by atoms with Crippen LogP contribution in [-0.4, -0.2) is 55.3 Å². The van der Waals surface area contributed by atoms with Gasteiger partial charge in [-0.05, 0) is 74.8 Å². The Morgan fingerprint density at radius 3 is 2.38 bits per heavy atom. The van der Waals surface area contributed by atoms with E-state index >= 15 is 0 Å². The van der Waals surface area contributed by atoms with Crippen molar-refractivity contribution in [2.24, 2.45) is 5.92 Å². The smallest absolute Gasteiger partial charge is 0.411 e. The van der Waals surface area contributed by atoms with Crippen LogP contribution in [0.3, 0.4) is 0 Å². The average Bonchev–Trinajstić information content (AvgIpc) is 3.47. The minimum Gasteiger partial charge on any atom is -0.444 e. The quantitative estimate of drug-likeness (QED) is 0.576. The van der Waals surface area contributed by atoms with Gasteiger partial charge < -0.3 is 10.1 Å². The summed E-state index contributed by atoms with van der Waals surface area (Å²) in [6, 6.07) is 15.2.